The number of nitriles is 1. The highest BCUT2D eigenvalue weighted by Gasteiger charge is 2.33. The minimum absolute atomic E-state index is 0.0411. The Kier molecular flexibility index (Phi) is 11.6. The molecule has 0 saturated carbocycles. The van der Waals surface area contributed by atoms with E-state index in [0.29, 0.717) is 50.0 Å². The van der Waals surface area contributed by atoms with Gasteiger partial charge in [-0.2, -0.15) is 5.26 Å². The average molecular weight is 510 g/mol. The molecule has 2 aromatic carbocycles. The number of rotatable bonds is 14. The zero-order valence-electron chi connectivity index (χ0n) is 21.2. The second-order valence-electron chi connectivity index (χ2n) is 8.96. The highest BCUT2D eigenvalue weighted by Crippen LogP contribution is 2.31. The van der Waals surface area contributed by atoms with Crippen LogP contribution in [0.25, 0.3) is 0 Å². The summed E-state index contributed by atoms with van der Waals surface area (Å²) in [6.07, 6.45) is 3.20. The van der Waals surface area contributed by atoms with Gasteiger partial charge < -0.3 is 28.8 Å². The van der Waals surface area contributed by atoms with E-state index in [1.54, 1.807) is 18.2 Å². The van der Waals surface area contributed by atoms with Crippen LogP contribution in [0.5, 0.6) is 5.75 Å². The van der Waals surface area contributed by atoms with Crippen LogP contribution in [0.2, 0.25) is 0 Å². The topological polar surface area (TPSA) is 107 Å². The molecule has 0 unspecified atom stereocenters. The number of carbonyl (C=O) groups is 1. The molecule has 1 aliphatic rings. The summed E-state index contributed by atoms with van der Waals surface area (Å²) < 4.78 is 28.4. The van der Waals surface area contributed by atoms with Gasteiger partial charge in [-0.15, -0.1) is 6.58 Å². The highest BCUT2D eigenvalue weighted by atomic mass is 16.7. The van der Waals surface area contributed by atoms with Crippen molar-refractivity contribution in [1.29, 1.82) is 5.26 Å². The Balaban J connectivity index is 1.80. The number of aliphatic hydroxyl groups excluding tert-OH is 1. The monoisotopic (exact) mass is 509 g/mol. The van der Waals surface area contributed by atoms with Crippen LogP contribution in [0.1, 0.15) is 47.2 Å². The Hall–Kier alpha value is -3.22. The Morgan fingerprint density at radius 3 is 2.73 bits per heavy atom. The summed E-state index contributed by atoms with van der Waals surface area (Å²) in [4.78, 5) is 12.9. The van der Waals surface area contributed by atoms with Crippen LogP contribution < -0.4 is 4.74 Å². The SMILES string of the molecule is C=CC[C@H](O)C[C@H]1C[C@H](OCc2ccccc2)C[C@H](Cc2cccc(OCOC)c2C(=O)OCC#N)O1. The summed E-state index contributed by atoms with van der Waals surface area (Å²) in [5.41, 5.74) is 2.00. The maximum atomic E-state index is 12.9. The van der Waals surface area contributed by atoms with Gasteiger partial charge in [0.25, 0.3) is 0 Å². The molecule has 0 bridgehead atoms. The van der Waals surface area contributed by atoms with Gasteiger partial charge >= 0.3 is 5.97 Å². The lowest BCUT2D eigenvalue weighted by atomic mass is 9.91. The molecule has 0 amide bonds. The van der Waals surface area contributed by atoms with Crippen molar-refractivity contribution < 1.29 is 33.6 Å². The number of carbonyl (C=O) groups excluding carboxylic acids is 1. The van der Waals surface area contributed by atoms with Crippen LogP contribution in [0.4, 0.5) is 0 Å². The Morgan fingerprint density at radius 1 is 1.22 bits per heavy atom. The van der Waals surface area contributed by atoms with E-state index < -0.39 is 12.1 Å². The molecule has 3 rings (SSSR count). The summed E-state index contributed by atoms with van der Waals surface area (Å²) in [7, 11) is 1.49. The van der Waals surface area contributed by atoms with Gasteiger partial charge in [-0.3, -0.25) is 0 Å². The summed E-state index contributed by atoms with van der Waals surface area (Å²) in [5.74, 6) is -0.332. The molecular formula is C29H35NO7. The molecule has 1 fully saturated rings. The van der Waals surface area contributed by atoms with Crippen molar-refractivity contribution in [1.82, 2.24) is 0 Å². The first-order valence-corrected chi connectivity index (χ1v) is 12.4. The van der Waals surface area contributed by atoms with Gasteiger partial charge in [0, 0.05) is 13.5 Å². The molecule has 4 atom stereocenters. The maximum absolute atomic E-state index is 12.9. The number of nitrogens with zero attached hydrogens (tertiary/aromatic N) is 1. The predicted molar refractivity (Wildman–Crippen MR) is 137 cm³/mol. The molecule has 8 heteroatoms. The van der Waals surface area contributed by atoms with Crippen molar-refractivity contribution in [3.05, 3.63) is 77.9 Å². The normalized spacial score (nSPS) is 20.0. The fourth-order valence-corrected chi connectivity index (χ4v) is 4.50. The van der Waals surface area contributed by atoms with Crippen molar-refractivity contribution in [3.8, 4) is 11.8 Å². The smallest absolute Gasteiger partial charge is 0.343 e. The van der Waals surface area contributed by atoms with Gasteiger partial charge in [0.05, 0.1) is 31.0 Å². The fourth-order valence-electron chi connectivity index (χ4n) is 4.50. The molecule has 8 nitrogen and oxygen atoms in total. The van der Waals surface area contributed by atoms with Crippen LogP contribution >= 0.6 is 0 Å². The molecule has 2 aromatic rings. The van der Waals surface area contributed by atoms with Crippen LogP contribution in [-0.2, 0) is 32.0 Å². The average Bonchev–Trinajstić information content (AvgIpc) is 2.90. The van der Waals surface area contributed by atoms with Crippen molar-refractivity contribution in [2.75, 3.05) is 20.5 Å². The lowest BCUT2D eigenvalue weighted by molar-refractivity contribution is -0.127. The zero-order valence-corrected chi connectivity index (χ0v) is 21.2. The van der Waals surface area contributed by atoms with E-state index in [-0.39, 0.29) is 37.3 Å². The quantitative estimate of drug-likeness (QED) is 0.228. The third-order valence-electron chi connectivity index (χ3n) is 6.10. The summed E-state index contributed by atoms with van der Waals surface area (Å²) >= 11 is 0. The number of aliphatic hydroxyl groups is 1. The first-order chi connectivity index (χ1) is 18.0. The third-order valence-corrected chi connectivity index (χ3v) is 6.10. The lowest BCUT2D eigenvalue weighted by Gasteiger charge is -2.36. The lowest BCUT2D eigenvalue weighted by Crippen LogP contribution is -2.39. The van der Waals surface area contributed by atoms with E-state index in [1.165, 1.54) is 7.11 Å². The van der Waals surface area contributed by atoms with Gasteiger partial charge in [-0.25, -0.2) is 4.79 Å². The molecule has 0 radical (unpaired) electrons. The summed E-state index contributed by atoms with van der Waals surface area (Å²) in [6, 6.07) is 17.1. The number of esters is 1. The second kappa shape index (κ2) is 15.1. The maximum Gasteiger partial charge on any atom is 0.343 e. The molecular weight excluding hydrogens is 474 g/mol. The van der Waals surface area contributed by atoms with E-state index >= 15 is 0 Å². The van der Waals surface area contributed by atoms with Crippen LogP contribution in [0.15, 0.2) is 61.2 Å². The van der Waals surface area contributed by atoms with Gasteiger partial charge in [-0.1, -0.05) is 48.5 Å². The van der Waals surface area contributed by atoms with E-state index in [9.17, 15) is 9.90 Å². The van der Waals surface area contributed by atoms with Crippen molar-refractivity contribution in [2.45, 2.75) is 63.1 Å². The molecule has 0 spiro atoms. The Labute approximate surface area is 218 Å². The molecule has 198 valence electrons. The highest BCUT2D eigenvalue weighted by molar-refractivity contribution is 5.94. The summed E-state index contributed by atoms with van der Waals surface area (Å²) in [6.45, 7) is 3.78. The number of benzene rings is 2. The van der Waals surface area contributed by atoms with Crippen LogP contribution in [0, 0.1) is 11.3 Å². The molecule has 1 N–H and O–H groups in total. The third kappa shape index (κ3) is 8.99. The molecule has 0 aliphatic carbocycles. The minimum atomic E-state index is -0.645. The van der Waals surface area contributed by atoms with E-state index in [1.807, 2.05) is 42.5 Å². The van der Waals surface area contributed by atoms with Crippen LogP contribution in [0.3, 0.4) is 0 Å². The second-order valence-corrected chi connectivity index (χ2v) is 8.96. The zero-order chi connectivity index (χ0) is 26.5. The summed E-state index contributed by atoms with van der Waals surface area (Å²) in [5, 5.41) is 19.2. The number of hydrogen-bond donors (Lipinski definition) is 1. The number of hydrogen-bond acceptors (Lipinski definition) is 8. The molecule has 1 saturated heterocycles. The number of methoxy groups -OCH3 is 1. The molecule has 37 heavy (non-hydrogen) atoms. The van der Waals surface area contributed by atoms with Crippen molar-refractivity contribution in [2.24, 2.45) is 0 Å². The van der Waals surface area contributed by atoms with Crippen molar-refractivity contribution in [3.63, 3.8) is 0 Å². The van der Waals surface area contributed by atoms with E-state index in [0.717, 1.165) is 5.56 Å². The van der Waals surface area contributed by atoms with Gasteiger partial charge in [-0.05, 0) is 42.9 Å². The Bertz CT molecular complexity index is 1040. The van der Waals surface area contributed by atoms with Crippen LogP contribution in [-0.4, -0.2) is 56.0 Å². The molecule has 0 aromatic heterocycles. The first kappa shape index (κ1) is 28.4. The minimum Gasteiger partial charge on any atom is -0.467 e. The largest absolute Gasteiger partial charge is 0.467 e. The molecule has 1 aliphatic heterocycles. The standard InChI is InChI=1S/C29H35NO7/c1-3-8-23(31)16-26-18-24(35-19-21-9-5-4-6-10-21)17-25(37-26)15-22-11-7-12-27(36-20-33-2)28(22)29(32)34-14-13-30/h3-7,9-12,23-26,31H,1,8,14-20H2,2H3/t23-,24+,25-,26-/m0/s1. The van der Waals surface area contributed by atoms with Gasteiger partial charge in [0.15, 0.2) is 13.4 Å². The first-order valence-electron chi connectivity index (χ1n) is 12.4. The number of ether oxygens (including phenoxy) is 5. The van der Waals surface area contributed by atoms with Gasteiger partial charge in [0.2, 0.25) is 0 Å². The Morgan fingerprint density at radius 2 is 2.00 bits per heavy atom. The van der Waals surface area contributed by atoms with Crippen molar-refractivity contribution >= 4 is 5.97 Å². The fraction of sp³-hybridized carbons (Fsp3) is 0.448. The van der Waals surface area contributed by atoms with Gasteiger partial charge in [0.1, 0.15) is 17.4 Å². The van der Waals surface area contributed by atoms with E-state index in [4.69, 9.17) is 28.9 Å². The molecule has 1 heterocycles. The predicted octanol–water partition coefficient (Wildman–Crippen LogP) is 4.35. The van der Waals surface area contributed by atoms with E-state index in [2.05, 4.69) is 6.58 Å².